The topological polar surface area (TPSA) is 78.4 Å². The van der Waals surface area contributed by atoms with E-state index in [-0.39, 0.29) is 0 Å². The molecular formula is C8H16N2O3S. The molecule has 0 heterocycles. The van der Waals surface area contributed by atoms with Gasteiger partial charge in [-0.3, -0.25) is 0 Å². The van der Waals surface area contributed by atoms with E-state index in [9.17, 15) is 9.59 Å². The molecule has 14 heavy (non-hydrogen) atoms. The van der Waals surface area contributed by atoms with Crippen molar-refractivity contribution in [3.63, 3.8) is 0 Å². The summed E-state index contributed by atoms with van der Waals surface area (Å²) in [5, 5.41) is 13.6. The average molecular weight is 220 g/mol. The van der Waals surface area contributed by atoms with Crippen LogP contribution in [0.1, 0.15) is 13.3 Å². The molecule has 0 saturated carbocycles. The molecular weight excluding hydrogens is 204 g/mol. The predicted octanol–water partition coefficient (Wildman–Crippen LogP) is 0.512. The highest BCUT2D eigenvalue weighted by molar-refractivity contribution is 7.98. The van der Waals surface area contributed by atoms with Gasteiger partial charge in [0.15, 0.2) is 0 Å². The Morgan fingerprint density at radius 1 is 1.50 bits per heavy atom. The van der Waals surface area contributed by atoms with Crippen LogP contribution >= 0.6 is 11.8 Å². The number of thioether (sulfide) groups is 1. The van der Waals surface area contributed by atoms with E-state index in [1.165, 1.54) is 0 Å². The molecule has 0 bridgehead atoms. The van der Waals surface area contributed by atoms with Crippen LogP contribution < -0.4 is 10.6 Å². The van der Waals surface area contributed by atoms with E-state index >= 15 is 0 Å². The molecule has 1 atom stereocenters. The van der Waals surface area contributed by atoms with Crippen LogP contribution in [-0.2, 0) is 4.79 Å². The zero-order chi connectivity index (χ0) is 11.0. The molecule has 5 nitrogen and oxygen atoms in total. The first-order valence-corrected chi connectivity index (χ1v) is 5.77. The van der Waals surface area contributed by atoms with Gasteiger partial charge in [0.1, 0.15) is 6.04 Å². The summed E-state index contributed by atoms with van der Waals surface area (Å²) in [5.74, 6) is -0.283. The molecule has 2 amide bonds. The van der Waals surface area contributed by atoms with Gasteiger partial charge in [0, 0.05) is 6.54 Å². The van der Waals surface area contributed by atoms with Gasteiger partial charge in [-0.2, -0.15) is 11.8 Å². The van der Waals surface area contributed by atoms with Crippen molar-refractivity contribution in [1.82, 2.24) is 10.6 Å². The Labute approximate surface area is 87.6 Å². The van der Waals surface area contributed by atoms with Crippen molar-refractivity contribution < 1.29 is 14.7 Å². The van der Waals surface area contributed by atoms with E-state index < -0.39 is 18.0 Å². The first-order valence-electron chi connectivity index (χ1n) is 4.38. The lowest BCUT2D eigenvalue weighted by Crippen LogP contribution is -2.46. The number of nitrogens with one attached hydrogen (secondary N) is 2. The second-order valence-corrected chi connectivity index (χ2v) is 3.66. The first kappa shape index (κ1) is 13.1. The van der Waals surface area contributed by atoms with Crippen LogP contribution in [-0.4, -0.2) is 41.7 Å². The van der Waals surface area contributed by atoms with Crippen LogP contribution in [0.4, 0.5) is 4.79 Å². The zero-order valence-electron chi connectivity index (χ0n) is 8.37. The molecule has 0 aliphatic carbocycles. The maximum Gasteiger partial charge on any atom is 0.326 e. The third kappa shape index (κ3) is 5.69. The summed E-state index contributed by atoms with van der Waals surface area (Å²) >= 11 is 1.55. The number of urea groups is 1. The molecule has 0 aromatic heterocycles. The number of rotatable bonds is 6. The van der Waals surface area contributed by atoms with Gasteiger partial charge >= 0.3 is 12.0 Å². The molecule has 0 rings (SSSR count). The second-order valence-electron chi connectivity index (χ2n) is 2.68. The van der Waals surface area contributed by atoms with Crippen LogP contribution in [0.3, 0.4) is 0 Å². The van der Waals surface area contributed by atoms with Crippen LogP contribution in [0.25, 0.3) is 0 Å². The molecule has 0 aromatic rings. The third-order valence-electron chi connectivity index (χ3n) is 1.55. The van der Waals surface area contributed by atoms with Gasteiger partial charge in [-0.05, 0) is 25.4 Å². The quantitative estimate of drug-likeness (QED) is 0.609. The van der Waals surface area contributed by atoms with E-state index in [1.54, 1.807) is 18.7 Å². The monoisotopic (exact) mass is 220 g/mol. The number of carboxylic acid groups (broad SMARTS) is 1. The predicted molar refractivity (Wildman–Crippen MR) is 56.6 cm³/mol. The van der Waals surface area contributed by atoms with Crippen molar-refractivity contribution in [3.05, 3.63) is 0 Å². The number of aliphatic carboxylic acids is 1. The van der Waals surface area contributed by atoms with Crippen molar-refractivity contribution in [2.75, 3.05) is 18.6 Å². The minimum Gasteiger partial charge on any atom is -0.480 e. The van der Waals surface area contributed by atoms with Gasteiger partial charge in [-0.25, -0.2) is 9.59 Å². The average Bonchev–Trinajstić information content (AvgIpc) is 2.12. The smallest absolute Gasteiger partial charge is 0.326 e. The Hall–Kier alpha value is -0.910. The molecule has 0 radical (unpaired) electrons. The number of amides is 2. The Morgan fingerprint density at radius 2 is 2.14 bits per heavy atom. The summed E-state index contributed by atoms with van der Waals surface area (Å²) in [4.78, 5) is 21.7. The van der Waals surface area contributed by atoms with Crippen LogP contribution in [0, 0.1) is 0 Å². The Morgan fingerprint density at radius 3 is 2.57 bits per heavy atom. The summed E-state index contributed by atoms with van der Waals surface area (Å²) in [6.45, 7) is 2.26. The third-order valence-corrected chi connectivity index (χ3v) is 2.20. The van der Waals surface area contributed by atoms with E-state index in [0.29, 0.717) is 18.7 Å². The van der Waals surface area contributed by atoms with Gasteiger partial charge in [0.2, 0.25) is 0 Å². The molecule has 0 fully saturated rings. The normalized spacial score (nSPS) is 11.9. The fourth-order valence-electron chi connectivity index (χ4n) is 0.863. The maximum absolute atomic E-state index is 11.0. The van der Waals surface area contributed by atoms with Crippen molar-refractivity contribution in [2.45, 2.75) is 19.4 Å². The van der Waals surface area contributed by atoms with E-state index in [1.807, 2.05) is 6.26 Å². The highest BCUT2D eigenvalue weighted by atomic mass is 32.2. The standard InChI is InChI=1S/C8H16N2O3S/c1-3-9-8(13)10-6(7(11)12)4-5-14-2/h6H,3-5H2,1-2H3,(H,11,12)(H2,9,10,13)/t6-/m1/s1. The second kappa shape index (κ2) is 7.49. The summed E-state index contributed by atoms with van der Waals surface area (Å²) in [6.07, 6.45) is 2.33. The number of carboxylic acids is 1. The Bertz CT molecular complexity index is 199. The molecule has 6 heteroatoms. The van der Waals surface area contributed by atoms with Gasteiger partial charge < -0.3 is 15.7 Å². The number of hydrogen-bond acceptors (Lipinski definition) is 3. The summed E-state index contributed by atoms with van der Waals surface area (Å²) < 4.78 is 0. The van der Waals surface area contributed by atoms with Crippen LogP contribution in [0.2, 0.25) is 0 Å². The van der Waals surface area contributed by atoms with Crippen molar-refractivity contribution >= 4 is 23.8 Å². The zero-order valence-corrected chi connectivity index (χ0v) is 9.19. The fourth-order valence-corrected chi connectivity index (χ4v) is 1.33. The largest absolute Gasteiger partial charge is 0.480 e. The molecule has 3 N–H and O–H groups in total. The van der Waals surface area contributed by atoms with Gasteiger partial charge in [-0.1, -0.05) is 0 Å². The molecule has 0 unspecified atom stereocenters. The lowest BCUT2D eigenvalue weighted by Gasteiger charge is -2.13. The molecule has 0 saturated heterocycles. The minimum absolute atomic E-state index is 0.430. The highest BCUT2D eigenvalue weighted by Gasteiger charge is 2.18. The number of carbonyl (C=O) groups excluding carboxylic acids is 1. The fraction of sp³-hybridized carbons (Fsp3) is 0.750. The first-order chi connectivity index (χ1) is 6.61. The molecule has 82 valence electrons. The molecule has 0 aromatic carbocycles. The van der Waals surface area contributed by atoms with Gasteiger partial charge in [0.05, 0.1) is 0 Å². The van der Waals surface area contributed by atoms with Crippen molar-refractivity contribution in [1.29, 1.82) is 0 Å². The maximum atomic E-state index is 11.0. The van der Waals surface area contributed by atoms with Gasteiger partial charge in [0.25, 0.3) is 0 Å². The summed E-state index contributed by atoms with van der Waals surface area (Å²) in [6, 6.07) is -1.23. The Kier molecular flexibility index (Phi) is 7.00. The number of hydrogen-bond donors (Lipinski definition) is 3. The molecule has 0 aliphatic rings. The van der Waals surface area contributed by atoms with Crippen LogP contribution in [0.15, 0.2) is 0 Å². The van der Waals surface area contributed by atoms with E-state index in [4.69, 9.17) is 5.11 Å². The molecule has 0 spiro atoms. The lowest BCUT2D eigenvalue weighted by molar-refractivity contribution is -0.139. The van der Waals surface area contributed by atoms with Crippen molar-refractivity contribution in [2.24, 2.45) is 0 Å². The van der Waals surface area contributed by atoms with Gasteiger partial charge in [-0.15, -0.1) is 0 Å². The number of carbonyl (C=O) groups is 2. The van der Waals surface area contributed by atoms with E-state index in [0.717, 1.165) is 0 Å². The summed E-state index contributed by atoms with van der Waals surface area (Å²) in [5.41, 5.74) is 0. The van der Waals surface area contributed by atoms with Crippen LogP contribution in [0.5, 0.6) is 0 Å². The SMILES string of the molecule is CCNC(=O)N[C@H](CCSC)C(=O)O. The Balaban J connectivity index is 3.95. The molecule has 0 aliphatic heterocycles. The lowest BCUT2D eigenvalue weighted by atomic mass is 10.2. The van der Waals surface area contributed by atoms with E-state index in [2.05, 4.69) is 10.6 Å². The summed E-state index contributed by atoms with van der Waals surface area (Å²) in [7, 11) is 0. The highest BCUT2D eigenvalue weighted by Crippen LogP contribution is 2.00. The minimum atomic E-state index is -0.995. The van der Waals surface area contributed by atoms with Crippen molar-refractivity contribution in [3.8, 4) is 0 Å².